The van der Waals surface area contributed by atoms with Crippen LogP contribution in [0.5, 0.6) is 17.2 Å². The summed E-state index contributed by atoms with van der Waals surface area (Å²) < 4.78 is 42.0. The Bertz CT molecular complexity index is 807. The van der Waals surface area contributed by atoms with E-state index in [-0.39, 0.29) is 17.2 Å². The summed E-state index contributed by atoms with van der Waals surface area (Å²) in [6, 6.07) is 2.97. The van der Waals surface area contributed by atoms with Crippen molar-refractivity contribution in [3.63, 3.8) is 0 Å². The normalized spacial score (nSPS) is 18.2. The Morgan fingerprint density at radius 2 is 1.62 bits per heavy atom. The van der Waals surface area contributed by atoms with Gasteiger partial charge >= 0.3 is 6.03 Å². The van der Waals surface area contributed by atoms with E-state index in [1.54, 1.807) is 16.4 Å². The van der Waals surface area contributed by atoms with E-state index in [1.165, 1.54) is 21.3 Å². The number of sulfonamides is 1. The van der Waals surface area contributed by atoms with Crippen molar-refractivity contribution in [1.29, 1.82) is 0 Å². The van der Waals surface area contributed by atoms with E-state index >= 15 is 0 Å². The monoisotopic (exact) mass is 427 g/mol. The lowest BCUT2D eigenvalue weighted by Gasteiger charge is -2.31. The molecule has 0 atom stereocenters. The van der Waals surface area contributed by atoms with Crippen molar-refractivity contribution < 1.29 is 27.4 Å². The molecular formula is C19H29N3O6S. The van der Waals surface area contributed by atoms with E-state index in [9.17, 15) is 13.2 Å². The van der Waals surface area contributed by atoms with Crippen molar-refractivity contribution in [2.45, 2.75) is 30.9 Å². The summed E-state index contributed by atoms with van der Waals surface area (Å²) in [5.41, 5.74) is 0.516. The van der Waals surface area contributed by atoms with Crippen LogP contribution in [-0.4, -0.2) is 65.0 Å². The number of benzene rings is 1. The summed E-state index contributed by atoms with van der Waals surface area (Å²) in [6.45, 7) is 1.55. The average molecular weight is 428 g/mol. The molecule has 0 aromatic heterocycles. The predicted molar refractivity (Wildman–Crippen MR) is 109 cm³/mol. The molecule has 9 nitrogen and oxygen atoms in total. The van der Waals surface area contributed by atoms with Crippen LogP contribution in [0.2, 0.25) is 0 Å². The van der Waals surface area contributed by atoms with Gasteiger partial charge in [0.2, 0.25) is 15.8 Å². The number of ether oxygens (including phenoxy) is 3. The van der Waals surface area contributed by atoms with Crippen molar-refractivity contribution in [3.8, 4) is 17.2 Å². The van der Waals surface area contributed by atoms with Gasteiger partial charge in [0.1, 0.15) is 0 Å². The van der Waals surface area contributed by atoms with Crippen LogP contribution in [0.25, 0.3) is 0 Å². The maximum Gasteiger partial charge on any atom is 0.319 e. The Morgan fingerprint density at radius 3 is 2.10 bits per heavy atom. The highest BCUT2D eigenvalue weighted by atomic mass is 32.2. The van der Waals surface area contributed by atoms with Gasteiger partial charge in [-0.25, -0.2) is 17.5 Å². The zero-order valence-electron chi connectivity index (χ0n) is 17.1. The highest BCUT2D eigenvalue weighted by Gasteiger charge is 2.41. The summed E-state index contributed by atoms with van der Waals surface area (Å²) in [7, 11) is 1.43. The minimum absolute atomic E-state index is 0.165. The first kappa shape index (κ1) is 21.5. The number of nitrogens with one attached hydrogen (secondary N) is 2. The lowest BCUT2D eigenvalue weighted by atomic mass is 9.98. The summed E-state index contributed by atoms with van der Waals surface area (Å²) in [5, 5.41) is 5.46. The van der Waals surface area contributed by atoms with Crippen LogP contribution in [0.3, 0.4) is 0 Å². The van der Waals surface area contributed by atoms with Crippen molar-refractivity contribution >= 4 is 21.7 Å². The molecule has 0 bridgehead atoms. The molecule has 29 heavy (non-hydrogen) atoms. The molecule has 1 aromatic carbocycles. The molecule has 162 valence electrons. The molecule has 0 spiro atoms. The quantitative estimate of drug-likeness (QED) is 0.658. The fourth-order valence-corrected chi connectivity index (χ4v) is 5.38. The molecule has 2 aliphatic rings. The summed E-state index contributed by atoms with van der Waals surface area (Å²) >= 11 is 0. The molecule has 3 rings (SSSR count). The number of carbonyl (C=O) groups excluding carboxylic acids is 1. The van der Waals surface area contributed by atoms with Gasteiger partial charge in [-0.1, -0.05) is 0 Å². The van der Waals surface area contributed by atoms with Gasteiger partial charge in [-0.2, -0.15) is 0 Å². The van der Waals surface area contributed by atoms with E-state index in [1.807, 2.05) is 0 Å². The Kier molecular flexibility index (Phi) is 6.74. The second kappa shape index (κ2) is 9.08. The largest absolute Gasteiger partial charge is 0.493 e. The van der Waals surface area contributed by atoms with Gasteiger partial charge in [0.25, 0.3) is 0 Å². The molecule has 2 fully saturated rings. The molecule has 1 heterocycles. The molecule has 1 saturated heterocycles. The molecule has 0 unspecified atom stereocenters. The number of carbonyl (C=O) groups is 1. The Morgan fingerprint density at radius 1 is 1.03 bits per heavy atom. The van der Waals surface area contributed by atoms with E-state index in [0.29, 0.717) is 42.6 Å². The van der Waals surface area contributed by atoms with Crippen LogP contribution >= 0.6 is 0 Å². The van der Waals surface area contributed by atoms with Gasteiger partial charge in [-0.05, 0) is 31.6 Å². The summed E-state index contributed by atoms with van der Waals surface area (Å²) in [4.78, 5) is 12.3. The van der Waals surface area contributed by atoms with E-state index in [0.717, 1.165) is 25.7 Å². The molecular weight excluding hydrogens is 398 g/mol. The predicted octanol–water partition coefficient (Wildman–Crippen LogP) is 2.04. The van der Waals surface area contributed by atoms with Crippen molar-refractivity contribution in [2.75, 3.05) is 46.3 Å². The number of methoxy groups -OCH3 is 3. The second-order valence-corrected chi connectivity index (χ2v) is 9.55. The number of nitrogens with zero attached hydrogens (tertiary/aromatic N) is 1. The zero-order valence-corrected chi connectivity index (χ0v) is 17.9. The smallest absolute Gasteiger partial charge is 0.319 e. The highest BCUT2D eigenvalue weighted by molar-refractivity contribution is 7.90. The third-order valence-corrected chi connectivity index (χ3v) is 7.75. The van der Waals surface area contributed by atoms with Crippen LogP contribution in [-0.2, 0) is 10.0 Å². The maximum absolute atomic E-state index is 12.3. The number of piperidine rings is 1. The Balaban J connectivity index is 1.49. The van der Waals surface area contributed by atoms with E-state index in [4.69, 9.17) is 14.2 Å². The average Bonchev–Trinajstić information content (AvgIpc) is 3.57. The molecule has 0 radical (unpaired) electrons. The van der Waals surface area contributed by atoms with E-state index in [2.05, 4.69) is 10.6 Å². The molecule has 1 aliphatic heterocycles. The van der Waals surface area contributed by atoms with Gasteiger partial charge in [-0.15, -0.1) is 0 Å². The standard InChI is InChI=1S/C19H29N3O6S/c1-26-16-10-14(11-17(27-2)18(16)28-3)21-19(23)20-12-13-6-8-22(9-7-13)29(24,25)15-4-5-15/h10-11,13,15H,4-9,12H2,1-3H3,(H2,20,21,23). The van der Waals surface area contributed by atoms with Crippen molar-refractivity contribution in [2.24, 2.45) is 5.92 Å². The van der Waals surface area contributed by atoms with Gasteiger partial charge in [0.15, 0.2) is 11.5 Å². The summed E-state index contributed by atoms with van der Waals surface area (Å²) in [6.07, 6.45) is 3.06. The SMILES string of the molecule is COc1cc(NC(=O)NCC2CCN(S(=O)(=O)C3CC3)CC2)cc(OC)c1OC. The molecule has 10 heteroatoms. The summed E-state index contributed by atoms with van der Waals surface area (Å²) in [5.74, 6) is 1.61. The maximum atomic E-state index is 12.3. The molecule has 2 N–H and O–H groups in total. The molecule has 1 aromatic rings. The van der Waals surface area contributed by atoms with E-state index < -0.39 is 10.0 Å². The first-order valence-electron chi connectivity index (χ1n) is 9.72. The highest BCUT2D eigenvalue weighted by Crippen LogP contribution is 2.40. The number of hydrogen-bond acceptors (Lipinski definition) is 6. The molecule has 1 saturated carbocycles. The Hall–Kier alpha value is -2.20. The van der Waals surface area contributed by atoms with Crippen LogP contribution in [0.15, 0.2) is 12.1 Å². The number of anilines is 1. The van der Waals surface area contributed by atoms with Crippen molar-refractivity contribution in [1.82, 2.24) is 9.62 Å². The van der Waals surface area contributed by atoms with Gasteiger partial charge in [0, 0.05) is 31.8 Å². The first-order valence-corrected chi connectivity index (χ1v) is 11.2. The Labute approximate surface area is 171 Å². The zero-order chi connectivity index (χ0) is 21.0. The number of rotatable bonds is 8. The first-order chi connectivity index (χ1) is 13.9. The molecule has 1 aliphatic carbocycles. The number of hydrogen-bond donors (Lipinski definition) is 2. The topological polar surface area (TPSA) is 106 Å². The second-order valence-electron chi connectivity index (χ2n) is 7.34. The third kappa shape index (κ3) is 5.05. The van der Waals surface area contributed by atoms with Crippen LogP contribution in [0.1, 0.15) is 25.7 Å². The minimum Gasteiger partial charge on any atom is -0.493 e. The fraction of sp³-hybridized carbons (Fsp3) is 0.632. The fourth-order valence-electron chi connectivity index (χ4n) is 3.51. The van der Waals surface area contributed by atoms with Crippen LogP contribution in [0.4, 0.5) is 10.5 Å². The third-order valence-electron chi connectivity index (χ3n) is 5.35. The number of amides is 2. The number of urea groups is 1. The molecule has 2 amide bonds. The minimum atomic E-state index is -3.10. The van der Waals surface area contributed by atoms with Crippen molar-refractivity contribution in [3.05, 3.63) is 12.1 Å². The van der Waals surface area contributed by atoms with Crippen LogP contribution < -0.4 is 24.8 Å². The van der Waals surface area contributed by atoms with Gasteiger partial charge in [-0.3, -0.25) is 0 Å². The van der Waals surface area contributed by atoms with Crippen LogP contribution in [0, 0.1) is 5.92 Å². The van der Waals surface area contributed by atoms with Gasteiger partial charge in [0.05, 0.1) is 32.3 Å². The lowest BCUT2D eigenvalue weighted by Crippen LogP contribution is -2.43. The van der Waals surface area contributed by atoms with Gasteiger partial charge < -0.3 is 24.8 Å². The lowest BCUT2D eigenvalue weighted by molar-refractivity contribution is 0.240.